The number of nitrogens with zero attached hydrogens (tertiary/aromatic N) is 2. The van der Waals surface area contributed by atoms with Gasteiger partial charge in [-0.15, -0.1) is 0 Å². The van der Waals surface area contributed by atoms with Crippen LogP contribution in [0.15, 0.2) is 67.0 Å². The molecule has 8 heteroatoms. The number of ether oxygens (including phenoxy) is 1. The quantitative estimate of drug-likeness (QED) is 0.461. The van der Waals surface area contributed by atoms with Crippen LogP contribution in [0.2, 0.25) is 0 Å². The first-order chi connectivity index (χ1) is 16.1. The normalized spacial score (nSPS) is 24.2. The van der Waals surface area contributed by atoms with E-state index in [1.165, 1.54) is 0 Å². The number of fused-ring (bicyclic) bond motifs is 1. The molecule has 4 atom stereocenters. The van der Waals surface area contributed by atoms with Crippen molar-refractivity contribution in [2.24, 2.45) is 5.92 Å². The lowest BCUT2D eigenvalue weighted by atomic mass is 9.83. The number of carbonyl (C=O) groups is 1. The molecule has 3 heterocycles. The largest absolute Gasteiger partial charge is 0.508 e. The number of pyridine rings is 1. The molecular formula is C25H26N4O4. The Balaban J connectivity index is 1.60. The van der Waals surface area contributed by atoms with E-state index >= 15 is 0 Å². The predicted molar refractivity (Wildman–Crippen MR) is 121 cm³/mol. The summed E-state index contributed by atoms with van der Waals surface area (Å²) in [5.74, 6) is 0.368. The fourth-order valence-corrected chi connectivity index (χ4v) is 4.97. The molecule has 0 spiro atoms. The number of amides is 1. The van der Waals surface area contributed by atoms with Gasteiger partial charge in [0, 0.05) is 30.4 Å². The number of nitrogens with one attached hydrogen (secondary N) is 2. The maximum absolute atomic E-state index is 13.6. The molecule has 0 saturated carbocycles. The van der Waals surface area contributed by atoms with Gasteiger partial charge in [-0.05, 0) is 42.3 Å². The molecule has 170 valence electrons. The van der Waals surface area contributed by atoms with Gasteiger partial charge in [-0.3, -0.25) is 9.78 Å². The lowest BCUT2D eigenvalue weighted by molar-refractivity contribution is -0.131. The first-order valence-electron chi connectivity index (χ1n) is 11.0. The molecule has 8 nitrogen and oxygen atoms in total. The molecule has 33 heavy (non-hydrogen) atoms. The van der Waals surface area contributed by atoms with Crippen molar-refractivity contribution in [1.29, 1.82) is 0 Å². The number of benzene rings is 2. The number of phenols is 2. The Kier molecular flexibility index (Phi) is 5.62. The smallest absolute Gasteiger partial charge is 0.242 e. The molecule has 4 unspecified atom stereocenters. The number of likely N-dealkylation sites (tertiary alicyclic amines) is 1. The SMILES string of the molecule is CCOc1cc(C2C3C(NNC3c3ccccc3O)C(=O)N2Cc2cccnc2)ccc1O. The maximum Gasteiger partial charge on any atom is 0.242 e. The number of para-hydroxylation sites is 1. The summed E-state index contributed by atoms with van der Waals surface area (Å²) in [6, 6.07) is 15.1. The Bertz CT molecular complexity index is 1160. The Morgan fingerprint density at radius 2 is 1.85 bits per heavy atom. The minimum Gasteiger partial charge on any atom is -0.508 e. The first-order valence-corrected chi connectivity index (χ1v) is 11.0. The van der Waals surface area contributed by atoms with Crippen molar-refractivity contribution >= 4 is 5.91 Å². The second-order valence-electron chi connectivity index (χ2n) is 8.31. The van der Waals surface area contributed by atoms with Gasteiger partial charge in [0.2, 0.25) is 5.91 Å². The summed E-state index contributed by atoms with van der Waals surface area (Å²) >= 11 is 0. The summed E-state index contributed by atoms with van der Waals surface area (Å²) in [6.07, 6.45) is 3.46. The Hall–Kier alpha value is -3.62. The molecule has 2 saturated heterocycles. The van der Waals surface area contributed by atoms with Crippen molar-refractivity contribution in [1.82, 2.24) is 20.7 Å². The van der Waals surface area contributed by atoms with E-state index in [0.29, 0.717) is 18.9 Å². The van der Waals surface area contributed by atoms with Crippen LogP contribution in [0.25, 0.3) is 0 Å². The highest BCUT2D eigenvalue weighted by Crippen LogP contribution is 2.49. The zero-order valence-corrected chi connectivity index (χ0v) is 18.2. The van der Waals surface area contributed by atoms with E-state index < -0.39 is 6.04 Å². The van der Waals surface area contributed by atoms with Crippen LogP contribution >= 0.6 is 0 Å². The van der Waals surface area contributed by atoms with Gasteiger partial charge < -0.3 is 19.8 Å². The second kappa shape index (κ2) is 8.73. The average Bonchev–Trinajstić information content (AvgIpc) is 3.36. The van der Waals surface area contributed by atoms with Crippen molar-refractivity contribution in [3.63, 3.8) is 0 Å². The lowest BCUT2D eigenvalue weighted by Crippen LogP contribution is -2.41. The van der Waals surface area contributed by atoms with Crippen LogP contribution in [0.1, 0.15) is 35.7 Å². The van der Waals surface area contributed by atoms with Gasteiger partial charge in [0.05, 0.1) is 18.7 Å². The monoisotopic (exact) mass is 446 g/mol. The van der Waals surface area contributed by atoms with Crippen molar-refractivity contribution in [3.8, 4) is 17.2 Å². The summed E-state index contributed by atoms with van der Waals surface area (Å²) in [7, 11) is 0. The number of phenolic OH excluding ortho intramolecular Hbond substituents is 2. The summed E-state index contributed by atoms with van der Waals surface area (Å²) < 4.78 is 5.62. The molecule has 0 radical (unpaired) electrons. The van der Waals surface area contributed by atoms with Crippen LogP contribution in [0.4, 0.5) is 0 Å². The average molecular weight is 447 g/mol. The molecule has 0 bridgehead atoms. The molecule has 1 amide bonds. The van der Waals surface area contributed by atoms with E-state index in [2.05, 4.69) is 15.8 Å². The Morgan fingerprint density at radius 3 is 2.61 bits per heavy atom. The molecule has 1 aromatic heterocycles. The maximum atomic E-state index is 13.6. The molecule has 2 aliphatic rings. The van der Waals surface area contributed by atoms with Crippen molar-refractivity contribution in [2.75, 3.05) is 6.61 Å². The van der Waals surface area contributed by atoms with Gasteiger partial charge in [-0.1, -0.05) is 30.3 Å². The third-order valence-electron chi connectivity index (χ3n) is 6.39. The summed E-state index contributed by atoms with van der Waals surface area (Å²) in [5, 5.41) is 20.8. The Morgan fingerprint density at radius 1 is 1.03 bits per heavy atom. The lowest BCUT2D eigenvalue weighted by Gasteiger charge is -2.31. The fourth-order valence-electron chi connectivity index (χ4n) is 4.97. The van der Waals surface area contributed by atoms with E-state index in [1.807, 2.05) is 42.2 Å². The van der Waals surface area contributed by atoms with Gasteiger partial charge in [-0.2, -0.15) is 0 Å². The van der Waals surface area contributed by atoms with Gasteiger partial charge in [0.25, 0.3) is 0 Å². The number of rotatable bonds is 6. The van der Waals surface area contributed by atoms with Crippen LogP contribution < -0.4 is 15.6 Å². The van der Waals surface area contributed by atoms with E-state index in [1.54, 1.807) is 36.7 Å². The van der Waals surface area contributed by atoms with Gasteiger partial charge in [0.1, 0.15) is 11.8 Å². The number of hydrogen-bond donors (Lipinski definition) is 4. The van der Waals surface area contributed by atoms with E-state index in [-0.39, 0.29) is 35.4 Å². The topological polar surface area (TPSA) is 107 Å². The molecule has 2 aromatic carbocycles. The molecular weight excluding hydrogens is 420 g/mol. The zero-order valence-electron chi connectivity index (χ0n) is 18.2. The molecule has 5 rings (SSSR count). The molecule has 3 aromatic rings. The number of aromatic hydroxyl groups is 2. The minimum absolute atomic E-state index is 0.0368. The van der Waals surface area contributed by atoms with E-state index in [4.69, 9.17) is 4.74 Å². The van der Waals surface area contributed by atoms with Gasteiger partial charge >= 0.3 is 0 Å². The highest BCUT2D eigenvalue weighted by Gasteiger charge is 2.55. The molecule has 2 fully saturated rings. The number of carbonyl (C=O) groups excluding carboxylic acids is 1. The minimum atomic E-state index is -0.472. The first kappa shape index (κ1) is 21.2. The number of hydrogen-bond acceptors (Lipinski definition) is 7. The van der Waals surface area contributed by atoms with Crippen molar-refractivity contribution < 1.29 is 19.7 Å². The van der Waals surface area contributed by atoms with Crippen LogP contribution in [-0.4, -0.2) is 38.7 Å². The third kappa shape index (κ3) is 3.77. The van der Waals surface area contributed by atoms with Crippen LogP contribution in [0, 0.1) is 5.92 Å². The van der Waals surface area contributed by atoms with Crippen LogP contribution in [0.3, 0.4) is 0 Å². The summed E-state index contributed by atoms with van der Waals surface area (Å²) in [4.78, 5) is 19.6. The van der Waals surface area contributed by atoms with Crippen molar-refractivity contribution in [3.05, 3.63) is 83.7 Å². The molecule has 4 N–H and O–H groups in total. The third-order valence-corrected chi connectivity index (χ3v) is 6.39. The summed E-state index contributed by atoms with van der Waals surface area (Å²) in [5.41, 5.74) is 8.89. The summed E-state index contributed by atoms with van der Waals surface area (Å²) in [6.45, 7) is 2.66. The standard InChI is InChI=1S/C25H26N4O4/c1-2-33-20-12-16(9-10-19(20)31)24-21-22(17-7-3-4-8-18(17)30)27-28-23(21)25(32)29(24)14-15-6-5-11-26-13-15/h3-13,21-24,27-28,30-31H,2,14H2,1H3. The van der Waals surface area contributed by atoms with Crippen molar-refractivity contribution in [2.45, 2.75) is 31.6 Å². The zero-order chi connectivity index (χ0) is 22.9. The van der Waals surface area contributed by atoms with Gasteiger partial charge in [-0.25, -0.2) is 10.9 Å². The van der Waals surface area contributed by atoms with Crippen LogP contribution in [0.5, 0.6) is 17.2 Å². The van der Waals surface area contributed by atoms with E-state index in [9.17, 15) is 15.0 Å². The van der Waals surface area contributed by atoms with Gasteiger partial charge in [0.15, 0.2) is 11.5 Å². The number of hydrazine groups is 1. The fraction of sp³-hybridized carbons (Fsp3) is 0.280. The highest BCUT2D eigenvalue weighted by atomic mass is 16.5. The highest BCUT2D eigenvalue weighted by molar-refractivity contribution is 5.86. The second-order valence-corrected chi connectivity index (χ2v) is 8.31. The molecule has 2 aliphatic heterocycles. The van der Waals surface area contributed by atoms with E-state index in [0.717, 1.165) is 16.7 Å². The number of aromatic nitrogens is 1. The van der Waals surface area contributed by atoms with Crippen LogP contribution in [-0.2, 0) is 11.3 Å². The predicted octanol–water partition coefficient (Wildman–Crippen LogP) is 2.81. The molecule has 0 aliphatic carbocycles. The Labute approximate surface area is 191 Å².